The minimum atomic E-state index is -1.06. The molecule has 160 valence electrons. The molecule has 1 aromatic carbocycles. The molecule has 2 heterocycles. The van der Waals surface area contributed by atoms with Gasteiger partial charge in [0.05, 0.1) is 6.20 Å². The van der Waals surface area contributed by atoms with Gasteiger partial charge in [-0.1, -0.05) is 5.21 Å². The molecule has 1 saturated heterocycles. The second-order valence-electron chi connectivity index (χ2n) is 6.61. The molecule has 30 heavy (non-hydrogen) atoms. The van der Waals surface area contributed by atoms with E-state index >= 15 is 0 Å². The number of hydrogen-bond acceptors (Lipinski definition) is 9. The van der Waals surface area contributed by atoms with E-state index in [0.717, 1.165) is 0 Å². The summed E-state index contributed by atoms with van der Waals surface area (Å²) in [4.78, 5) is 34.4. The molecule has 0 N–H and O–H groups in total. The van der Waals surface area contributed by atoms with Gasteiger partial charge in [0.25, 0.3) is 0 Å². The molecule has 1 aliphatic heterocycles. The lowest BCUT2D eigenvalue weighted by atomic mass is 10.1. The Labute approximate surface area is 170 Å². The maximum atomic E-state index is 13.2. The first-order valence-corrected chi connectivity index (χ1v) is 9.05. The van der Waals surface area contributed by atoms with E-state index in [9.17, 15) is 18.8 Å². The van der Waals surface area contributed by atoms with Crippen LogP contribution >= 0.6 is 0 Å². The lowest BCUT2D eigenvalue weighted by Gasteiger charge is -2.23. The number of aromatic nitrogens is 3. The van der Waals surface area contributed by atoms with E-state index in [0.29, 0.717) is 11.3 Å². The number of esters is 3. The number of hydrogen-bond donors (Lipinski definition) is 0. The van der Waals surface area contributed by atoms with Crippen molar-refractivity contribution in [2.24, 2.45) is 0 Å². The molecule has 1 aromatic heterocycles. The van der Waals surface area contributed by atoms with Crippen molar-refractivity contribution in [1.29, 1.82) is 0 Å². The molecule has 0 radical (unpaired) electrons. The van der Waals surface area contributed by atoms with Crippen molar-refractivity contribution in [2.75, 3.05) is 6.61 Å². The van der Waals surface area contributed by atoms with E-state index in [4.69, 9.17) is 18.9 Å². The summed E-state index contributed by atoms with van der Waals surface area (Å²) in [7, 11) is 0. The molecule has 0 spiro atoms. The zero-order chi connectivity index (χ0) is 21.8. The number of nitrogens with zero attached hydrogens (tertiary/aromatic N) is 3. The Balaban J connectivity index is 1.90. The standard InChI is InChI=1S/C19H20FN3O7/c1-10(24)27-9-16-17(28-11(2)25)18(29-12(3)26)19(30-16)23-8-15(21-22-23)13-4-6-14(20)7-5-13/h4-8,16-19H,9H2,1-3H3/t16-,17-,18-,19-/m1/s1. The van der Waals surface area contributed by atoms with Gasteiger partial charge < -0.3 is 18.9 Å². The summed E-state index contributed by atoms with van der Waals surface area (Å²) in [6.07, 6.45) is -2.47. The fourth-order valence-electron chi connectivity index (χ4n) is 3.06. The van der Waals surface area contributed by atoms with Gasteiger partial charge in [-0.3, -0.25) is 14.4 Å². The molecular formula is C19H20FN3O7. The SMILES string of the molecule is CC(=O)OC[C@H]1O[C@@H](n2cc(-c3ccc(F)cc3)nn2)[C@H](OC(C)=O)[C@@H]1OC(C)=O. The molecule has 4 atom stereocenters. The third-order valence-electron chi connectivity index (χ3n) is 4.25. The fraction of sp³-hybridized carbons (Fsp3) is 0.421. The first-order valence-electron chi connectivity index (χ1n) is 9.05. The average Bonchev–Trinajstić information content (AvgIpc) is 3.26. The Bertz CT molecular complexity index is 930. The second-order valence-corrected chi connectivity index (χ2v) is 6.61. The number of benzene rings is 1. The van der Waals surface area contributed by atoms with E-state index in [-0.39, 0.29) is 6.61 Å². The van der Waals surface area contributed by atoms with Crippen LogP contribution in [0.2, 0.25) is 0 Å². The van der Waals surface area contributed by atoms with Crippen molar-refractivity contribution in [3.63, 3.8) is 0 Å². The summed E-state index contributed by atoms with van der Waals surface area (Å²) >= 11 is 0. The summed E-state index contributed by atoms with van der Waals surface area (Å²) in [5.41, 5.74) is 1.03. The van der Waals surface area contributed by atoms with Gasteiger partial charge in [-0.05, 0) is 24.3 Å². The Morgan fingerprint density at radius 2 is 1.67 bits per heavy atom. The maximum absolute atomic E-state index is 13.2. The molecule has 10 nitrogen and oxygen atoms in total. The average molecular weight is 421 g/mol. The highest BCUT2D eigenvalue weighted by Crippen LogP contribution is 2.34. The van der Waals surface area contributed by atoms with Crippen LogP contribution in [0.15, 0.2) is 30.5 Å². The van der Waals surface area contributed by atoms with E-state index in [1.54, 1.807) is 0 Å². The highest BCUT2D eigenvalue weighted by molar-refractivity contribution is 5.68. The Kier molecular flexibility index (Phi) is 6.40. The van der Waals surface area contributed by atoms with Crippen LogP contribution in [-0.2, 0) is 33.3 Å². The zero-order valence-electron chi connectivity index (χ0n) is 16.5. The van der Waals surface area contributed by atoms with Crippen LogP contribution in [0.3, 0.4) is 0 Å². The van der Waals surface area contributed by atoms with Crippen molar-refractivity contribution < 1.29 is 37.7 Å². The highest BCUT2D eigenvalue weighted by atomic mass is 19.1. The van der Waals surface area contributed by atoms with Crippen LogP contribution in [0.4, 0.5) is 4.39 Å². The summed E-state index contributed by atoms with van der Waals surface area (Å²) in [5, 5.41) is 8.04. The van der Waals surface area contributed by atoms with Crippen molar-refractivity contribution in [3.8, 4) is 11.3 Å². The Morgan fingerprint density at radius 1 is 1.03 bits per heavy atom. The maximum Gasteiger partial charge on any atom is 0.303 e. The van der Waals surface area contributed by atoms with Gasteiger partial charge in [-0.15, -0.1) is 5.10 Å². The molecule has 1 aliphatic rings. The summed E-state index contributed by atoms with van der Waals surface area (Å²) < 4.78 is 35.9. The topological polar surface area (TPSA) is 119 Å². The van der Waals surface area contributed by atoms with Gasteiger partial charge in [0.15, 0.2) is 18.4 Å². The van der Waals surface area contributed by atoms with Gasteiger partial charge in [0.2, 0.25) is 0 Å². The van der Waals surface area contributed by atoms with Gasteiger partial charge >= 0.3 is 17.9 Å². The van der Waals surface area contributed by atoms with Crippen LogP contribution in [0.25, 0.3) is 11.3 Å². The van der Waals surface area contributed by atoms with Gasteiger partial charge in [-0.25, -0.2) is 9.07 Å². The van der Waals surface area contributed by atoms with E-state index < -0.39 is 48.3 Å². The van der Waals surface area contributed by atoms with Gasteiger partial charge in [0.1, 0.15) is 24.2 Å². The van der Waals surface area contributed by atoms with E-state index in [2.05, 4.69) is 10.3 Å². The summed E-state index contributed by atoms with van der Waals surface area (Å²) in [6.45, 7) is 3.40. The Hall–Kier alpha value is -3.34. The van der Waals surface area contributed by atoms with Crippen molar-refractivity contribution in [3.05, 3.63) is 36.3 Å². The van der Waals surface area contributed by atoms with Crippen molar-refractivity contribution in [1.82, 2.24) is 15.0 Å². The Morgan fingerprint density at radius 3 is 2.27 bits per heavy atom. The van der Waals surface area contributed by atoms with Gasteiger partial charge in [-0.2, -0.15) is 0 Å². The fourth-order valence-corrected chi connectivity index (χ4v) is 3.06. The molecule has 2 aromatic rings. The molecule has 0 unspecified atom stereocenters. The second kappa shape index (κ2) is 8.99. The highest BCUT2D eigenvalue weighted by Gasteiger charge is 2.51. The minimum absolute atomic E-state index is 0.221. The zero-order valence-corrected chi connectivity index (χ0v) is 16.5. The predicted octanol–water partition coefficient (Wildman–Crippen LogP) is 1.41. The predicted molar refractivity (Wildman–Crippen MR) is 97.1 cm³/mol. The molecule has 0 amide bonds. The monoisotopic (exact) mass is 421 g/mol. The van der Waals surface area contributed by atoms with Gasteiger partial charge in [0, 0.05) is 26.3 Å². The minimum Gasteiger partial charge on any atom is -0.463 e. The lowest BCUT2D eigenvalue weighted by Crippen LogP contribution is -2.40. The van der Waals surface area contributed by atoms with Crippen LogP contribution in [0.5, 0.6) is 0 Å². The number of carbonyl (C=O) groups excluding carboxylic acids is 3. The summed E-state index contributed by atoms with van der Waals surface area (Å²) in [5.74, 6) is -2.19. The van der Waals surface area contributed by atoms with Crippen LogP contribution < -0.4 is 0 Å². The molecule has 0 bridgehead atoms. The van der Waals surface area contributed by atoms with Crippen LogP contribution in [-0.4, -0.2) is 57.8 Å². The third kappa shape index (κ3) is 4.98. The molecule has 1 fully saturated rings. The third-order valence-corrected chi connectivity index (χ3v) is 4.25. The first kappa shape index (κ1) is 21.4. The number of halogens is 1. The molecular weight excluding hydrogens is 401 g/mol. The number of rotatable bonds is 6. The first-order chi connectivity index (χ1) is 14.2. The largest absolute Gasteiger partial charge is 0.463 e. The smallest absolute Gasteiger partial charge is 0.303 e. The van der Waals surface area contributed by atoms with E-state index in [1.807, 2.05) is 0 Å². The van der Waals surface area contributed by atoms with Crippen LogP contribution in [0, 0.1) is 5.82 Å². The molecule has 11 heteroatoms. The van der Waals surface area contributed by atoms with Crippen molar-refractivity contribution in [2.45, 2.75) is 45.3 Å². The van der Waals surface area contributed by atoms with Crippen molar-refractivity contribution >= 4 is 17.9 Å². The summed E-state index contributed by atoms with van der Waals surface area (Å²) in [6, 6.07) is 5.64. The number of carbonyl (C=O) groups is 3. The molecule has 0 saturated carbocycles. The lowest BCUT2D eigenvalue weighted by molar-refractivity contribution is -0.166. The molecule has 3 rings (SSSR count). The van der Waals surface area contributed by atoms with Crippen LogP contribution in [0.1, 0.15) is 27.0 Å². The van der Waals surface area contributed by atoms with E-state index in [1.165, 1.54) is 55.9 Å². The normalized spacial score (nSPS) is 23.1. The number of ether oxygens (including phenoxy) is 4. The molecule has 0 aliphatic carbocycles. The quantitative estimate of drug-likeness (QED) is 0.504.